The third-order valence-corrected chi connectivity index (χ3v) is 11.4. The molecule has 8 rings (SSSR count). The van der Waals surface area contributed by atoms with Crippen molar-refractivity contribution < 1.29 is 74.7 Å². The number of furan rings is 1. The number of hydrogen-bond donors (Lipinski definition) is 0. The minimum atomic E-state index is -1.68. The molecule has 1 atom stereocenters. The lowest BCUT2D eigenvalue weighted by molar-refractivity contribution is -0.137. The summed E-state index contributed by atoms with van der Waals surface area (Å²) >= 11 is 0. The van der Waals surface area contributed by atoms with E-state index < -0.39 is 52.8 Å². The van der Waals surface area contributed by atoms with Gasteiger partial charge in [-0.25, -0.2) is 23.6 Å². The molecule has 2 heterocycles. The molecule has 76 heavy (non-hydrogen) atoms. The Bertz CT molecular complexity index is 3280. The number of unbranched alkanes of at least 4 members (excludes halogenated alkanes) is 3. The van der Waals surface area contributed by atoms with Crippen LogP contribution in [0.4, 0.5) is 13.2 Å². The van der Waals surface area contributed by atoms with Crippen molar-refractivity contribution in [2.75, 3.05) is 33.0 Å². The van der Waals surface area contributed by atoms with Crippen molar-refractivity contribution in [2.24, 2.45) is 10.2 Å². The Balaban J connectivity index is 0.939. The standard InChI is InChI=1S/C58H49F3N2O13/c1-3-51(64)70-26-7-5-4-6-25-68-44-19-13-38(14-20-44)56(65)76-55-47(49-24-22-46(73-49)34-63-62-33-37-9-17-43(59)18-10-37)32-50(53(60)54(55)61)75-57(66)41-16-23-48(36(2)29-41)74-58(67)42-12-11-40-31-45(21-15-39(40)30-42)69-27-8-28-71-52-35-72-52/h3,9-24,29-34,52H,1,4-8,25-28,35H2,2H3/b62-33+,63-34+. The molecule has 18 heteroatoms. The van der Waals surface area contributed by atoms with Gasteiger partial charge in [0.1, 0.15) is 41.2 Å². The summed E-state index contributed by atoms with van der Waals surface area (Å²) < 4.78 is 95.1. The van der Waals surface area contributed by atoms with E-state index in [9.17, 15) is 23.6 Å². The molecule has 1 aromatic heterocycles. The van der Waals surface area contributed by atoms with Crippen molar-refractivity contribution in [3.63, 3.8) is 0 Å². The zero-order valence-corrected chi connectivity index (χ0v) is 41.0. The van der Waals surface area contributed by atoms with E-state index in [1.807, 2.05) is 12.1 Å². The van der Waals surface area contributed by atoms with Crippen molar-refractivity contribution in [1.82, 2.24) is 0 Å². The molecular weight excluding hydrogens is 990 g/mol. The van der Waals surface area contributed by atoms with Gasteiger partial charge in [0.2, 0.25) is 11.6 Å². The lowest BCUT2D eigenvalue weighted by atomic mass is 10.1. The molecule has 0 amide bonds. The summed E-state index contributed by atoms with van der Waals surface area (Å²) in [5.74, 6) is -7.62. The topological polar surface area (TPSA) is 183 Å². The van der Waals surface area contributed by atoms with Gasteiger partial charge in [-0.3, -0.25) is 0 Å². The van der Waals surface area contributed by atoms with Gasteiger partial charge in [0.05, 0.1) is 61.1 Å². The third-order valence-electron chi connectivity index (χ3n) is 11.4. The van der Waals surface area contributed by atoms with E-state index in [1.165, 1.54) is 91.3 Å². The van der Waals surface area contributed by atoms with Crippen LogP contribution in [0.3, 0.4) is 0 Å². The quantitative estimate of drug-likeness (QED) is 0.0100. The van der Waals surface area contributed by atoms with Gasteiger partial charge >= 0.3 is 23.9 Å². The minimum absolute atomic E-state index is 0.0336. The van der Waals surface area contributed by atoms with Crippen molar-refractivity contribution in [3.05, 3.63) is 185 Å². The fourth-order valence-electron chi connectivity index (χ4n) is 7.32. The van der Waals surface area contributed by atoms with Crippen LogP contribution in [0.15, 0.2) is 149 Å². The lowest BCUT2D eigenvalue weighted by Crippen LogP contribution is -2.14. The highest BCUT2D eigenvalue weighted by atomic mass is 19.2. The van der Waals surface area contributed by atoms with E-state index >= 15 is 8.78 Å². The fraction of sp³-hybridized carbons (Fsp3) is 0.207. The Morgan fingerprint density at radius 2 is 1.25 bits per heavy atom. The smallest absolute Gasteiger partial charge is 0.343 e. The molecule has 6 aromatic carbocycles. The molecule has 1 saturated heterocycles. The van der Waals surface area contributed by atoms with Gasteiger partial charge in [0, 0.05) is 12.5 Å². The van der Waals surface area contributed by atoms with Gasteiger partial charge in [0.25, 0.3) is 0 Å². The summed E-state index contributed by atoms with van der Waals surface area (Å²) in [6, 6.07) is 29.6. The van der Waals surface area contributed by atoms with Crippen molar-refractivity contribution in [3.8, 4) is 40.1 Å². The molecule has 0 saturated carbocycles. The van der Waals surface area contributed by atoms with Gasteiger partial charge in [0.15, 0.2) is 17.8 Å². The third kappa shape index (κ3) is 14.9. The van der Waals surface area contributed by atoms with Gasteiger partial charge in [-0.2, -0.15) is 19.0 Å². The number of aryl methyl sites for hydroxylation is 1. The number of nitrogens with zero attached hydrogens (tertiary/aromatic N) is 2. The number of esters is 4. The molecule has 0 N–H and O–H groups in total. The maximum atomic E-state index is 16.3. The van der Waals surface area contributed by atoms with Crippen LogP contribution in [0.1, 0.15) is 80.1 Å². The SMILES string of the molecule is C=CC(=O)OCCCCCCOc1ccc(C(=O)Oc2c(-c3ccc(/C=N/N=C/c4ccc(F)cc4)o3)cc(OC(=O)c3ccc(OC(=O)c4ccc5cc(OCCCOC6CO6)ccc5c4)c(C)c3)c(F)c2F)cc1. The zero-order chi connectivity index (χ0) is 53.4. The fourth-order valence-corrected chi connectivity index (χ4v) is 7.32. The van der Waals surface area contributed by atoms with Crippen LogP contribution in [0.25, 0.3) is 22.1 Å². The molecule has 1 fully saturated rings. The highest BCUT2D eigenvalue weighted by molar-refractivity contribution is 5.97. The molecule has 1 unspecified atom stereocenters. The van der Waals surface area contributed by atoms with Crippen LogP contribution in [-0.4, -0.2) is 75.6 Å². The van der Waals surface area contributed by atoms with Crippen LogP contribution in [0.5, 0.6) is 28.7 Å². The number of fused-ring (bicyclic) bond motifs is 1. The summed E-state index contributed by atoms with van der Waals surface area (Å²) in [5, 5.41) is 9.47. The van der Waals surface area contributed by atoms with Crippen LogP contribution in [0.2, 0.25) is 0 Å². The predicted octanol–water partition coefficient (Wildman–Crippen LogP) is 11.7. The Hall–Kier alpha value is -8.87. The summed E-state index contributed by atoms with van der Waals surface area (Å²) in [6.45, 7) is 7.23. The van der Waals surface area contributed by atoms with E-state index in [2.05, 4.69) is 16.8 Å². The molecule has 0 bridgehead atoms. The molecule has 390 valence electrons. The van der Waals surface area contributed by atoms with E-state index in [0.29, 0.717) is 74.9 Å². The normalized spacial score (nSPS) is 12.9. The first-order chi connectivity index (χ1) is 36.9. The summed E-state index contributed by atoms with van der Waals surface area (Å²) in [6.07, 6.45) is 7.34. The molecular formula is C58H49F3N2O13. The Kier molecular flexibility index (Phi) is 18.2. The zero-order valence-electron chi connectivity index (χ0n) is 41.0. The number of ether oxygens (including phenoxy) is 8. The summed E-state index contributed by atoms with van der Waals surface area (Å²) in [4.78, 5) is 51.6. The van der Waals surface area contributed by atoms with Crippen molar-refractivity contribution >= 4 is 47.1 Å². The monoisotopic (exact) mass is 1040 g/mol. The van der Waals surface area contributed by atoms with Gasteiger partial charge in [-0.1, -0.05) is 30.8 Å². The van der Waals surface area contributed by atoms with E-state index in [4.69, 9.17) is 42.3 Å². The second-order valence-electron chi connectivity index (χ2n) is 17.0. The largest absolute Gasteiger partial charge is 0.494 e. The van der Waals surface area contributed by atoms with Gasteiger partial charge in [-0.05, 0) is 152 Å². The van der Waals surface area contributed by atoms with Gasteiger partial charge < -0.3 is 42.3 Å². The maximum Gasteiger partial charge on any atom is 0.343 e. The minimum Gasteiger partial charge on any atom is -0.494 e. The Morgan fingerprint density at radius 3 is 2.00 bits per heavy atom. The second-order valence-corrected chi connectivity index (χ2v) is 17.0. The average Bonchev–Trinajstić information content (AvgIpc) is 4.15. The second kappa shape index (κ2) is 25.9. The van der Waals surface area contributed by atoms with Crippen molar-refractivity contribution in [2.45, 2.75) is 45.3 Å². The molecule has 0 radical (unpaired) electrons. The van der Waals surface area contributed by atoms with Crippen LogP contribution >= 0.6 is 0 Å². The highest BCUT2D eigenvalue weighted by Gasteiger charge is 2.28. The number of epoxide rings is 1. The van der Waals surface area contributed by atoms with E-state index in [0.717, 1.165) is 35.8 Å². The molecule has 7 aromatic rings. The Morgan fingerprint density at radius 1 is 0.618 bits per heavy atom. The number of carbonyl (C=O) groups is 4. The number of carbonyl (C=O) groups excluding carboxylic acids is 4. The highest BCUT2D eigenvalue weighted by Crippen LogP contribution is 2.40. The van der Waals surface area contributed by atoms with E-state index in [1.54, 1.807) is 31.2 Å². The van der Waals surface area contributed by atoms with Crippen molar-refractivity contribution in [1.29, 1.82) is 0 Å². The molecule has 15 nitrogen and oxygen atoms in total. The van der Waals surface area contributed by atoms with Crippen LogP contribution < -0.4 is 23.7 Å². The van der Waals surface area contributed by atoms with E-state index in [-0.39, 0.29) is 45.8 Å². The summed E-state index contributed by atoms with van der Waals surface area (Å²) in [7, 11) is 0. The van der Waals surface area contributed by atoms with Crippen LogP contribution in [0, 0.1) is 24.4 Å². The van der Waals surface area contributed by atoms with Crippen LogP contribution in [-0.2, 0) is 19.0 Å². The summed E-state index contributed by atoms with van der Waals surface area (Å²) in [5.41, 5.74) is 0.730. The average molecular weight is 1040 g/mol. The molecule has 0 aliphatic carbocycles. The first kappa shape index (κ1) is 53.4. The molecule has 1 aliphatic heterocycles. The first-order valence-corrected chi connectivity index (χ1v) is 24.0. The first-order valence-electron chi connectivity index (χ1n) is 24.0. The number of halogens is 3. The predicted molar refractivity (Wildman–Crippen MR) is 273 cm³/mol. The number of hydrogen-bond acceptors (Lipinski definition) is 15. The Labute approximate surface area is 434 Å². The molecule has 1 aliphatic rings. The molecule has 0 spiro atoms. The number of rotatable bonds is 25. The number of benzene rings is 6. The lowest BCUT2D eigenvalue weighted by Gasteiger charge is -2.14. The maximum absolute atomic E-state index is 16.3. The van der Waals surface area contributed by atoms with Gasteiger partial charge in [-0.15, -0.1) is 0 Å².